The lowest BCUT2D eigenvalue weighted by Crippen LogP contribution is -2.44. The Bertz CT molecular complexity index is 408. The molecule has 0 aliphatic rings. The number of aliphatic carboxylic acids is 1. The van der Waals surface area contributed by atoms with Gasteiger partial charge in [-0.3, -0.25) is 4.79 Å². The Kier molecular flexibility index (Phi) is 4.31. The number of carboxylic acids is 1. The van der Waals surface area contributed by atoms with E-state index in [1.165, 1.54) is 0 Å². The van der Waals surface area contributed by atoms with E-state index in [1.807, 2.05) is 6.92 Å². The molecule has 0 unspecified atom stereocenters. The highest BCUT2D eigenvalue weighted by Crippen LogP contribution is 2.10. The summed E-state index contributed by atoms with van der Waals surface area (Å²) in [5, 5.41) is 11.4. The third-order valence-corrected chi connectivity index (χ3v) is 2.45. The number of amides is 1. The van der Waals surface area contributed by atoms with Crippen LogP contribution >= 0.6 is 0 Å². The fourth-order valence-electron chi connectivity index (χ4n) is 1.42. The zero-order chi connectivity index (χ0) is 13.0. The number of hydrogen-bond acceptors (Lipinski definition) is 3. The number of carbonyl (C=O) groups is 2. The van der Waals surface area contributed by atoms with Gasteiger partial charge in [0, 0.05) is 6.42 Å². The molecule has 0 radical (unpaired) electrons. The van der Waals surface area contributed by atoms with Crippen LogP contribution in [0.2, 0.25) is 0 Å². The molecule has 1 amide bonds. The maximum Gasteiger partial charge on any atom is 0.326 e. The van der Waals surface area contributed by atoms with Gasteiger partial charge < -0.3 is 14.8 Å². The molecule has 0 aliphatic heterocycles. The number of carbonyl (C=O) groups excluding carboxylic acids is 1. The maximum atomic E-state index is 11.7. The van der Waals surface area contributed by atoms with Gasteiger partial charge in [-0.15, -0.1) is 0 Å². The Hall–Kier alpha value is -1.78. The van der Waals surface area contributed by atoms with E-state index in [0.29, 0.717) is 12.2 Å². The molecular weight excluding hydrogens is 222 g/mol. The van der Waals surface area contributed by atoms with Gasteiger partial charge in [0.05, 0.1) is 0 Å². The van der Waals surface area contributed by atoms with Crippen molar-refractivity contribution in [2.75, 3.05) is 0 Å². The van der Waals surface area contributed by atoms with Crippen LogP contribution < -0.4 is 5.32 Å². The highest BCUT2D eigenvalue weighted by Gasteiger charge is 2.25. The summed E-state index contributed by atoms with van der Waals surface area (Å²) >= 11 is 0. The second kappa shape index (κ2) is 5.52. The average Bonchev–Trinajstić information content (AvgIpc) is 2.73. The average molecular weight is 239 g/mol. The van der Waals surface area contributed by atoms with Crippen LogP contribution in [0.25, 0.3) is 0 Å². The SMILES string of the molecule is CCc1ccc(C(=O)N[C@H](C(=O)O)C(C)C)o1. The van der Waals surface area contributed by atoms with Crippen molar-refractivity contribution in [3.8, 4) is 0 Å². The first kappa shape index (κ1) is 13.3. The van der Waals surface area contributed by atoms with E-state index < -0.39 is 17.9 Å². The van der Waals surface area contributed by atoms with Gasteiger partial charge in [0.1, 0.15) is 11.8 Å². The van der Waals surface area contributed by atoms with E-state index in [1.54, 1.807) is 26.0 Å². The fourth-order valence-corrected chi connectivity index (χ4v) is 1.42. The van der Waals surface area contributed by atoms with Crippen molar-refractivity contribution in [1.29, 1.82) is 0 Å². The zero-order valence-corrected chi connectivity index (χ0v) is 10.2. The molecule has 94 valence electrons. The summed E-state index contributed by atoms with van der Waals surface area (Å²) in [6.07, 6.45) is 0.694. The Morgan fingerprint density at radius 1 is 1.41 bits per heavy atom. The summed E-state index contributed by atoms with van der Waals surface area (Å²) in [5.74, 6) is -0.876. The lowest BCUT2D eigenvalue weighted by atomic mass is 10.0. The number of aryl methyl sites for hydroxylation is 1. The van der Waals surface area contributed by atoms with Crippen LogP contribution in [0.5, 0.6) is 0 Å². The predicted molar refractivity (Wildman–Crippen MR) is 61.8 cm³/mol. The molecule has 0 spiro atoms. The third-order valence-electron chi connectivity index (χ3n) is 2.45. The molecule has 0 bridgehead atoms. The van der Waals surface area contributed by atoms with Crippen LogP contribution in [0.3, 0.4) is 0 Å². The van der Waals surface area contributed by atoms with Crippen molar-refractivity contribution in [2.45, 2.75) is 33.2 Å². The first-order valence-electron chi connectivity index (χ1n) is 5.58. The maximum absolute atomic E-state index is 11.7. The van der Waals surface area contributed by atoms with Gasteiger partial charge in [-0.25, -0.2) is 4.79 Å². The fraction of sp³-hybridized carbons (Fsp3) is 0.500. The van der Waals surface area contributed by atoms with Crippen molar-refractivity contribution in [1.82, 2.24) is 5.32 Å². The lowest BCUT2D eigenvalue weighted by molar-refractivity contribution is -0.140. The van der Waals surface area contributed by atoms with Gasteiger partial charge in [-0.2, -0.15) is 0 Å². The Labute approximate surface area is 99.8 Å². The molecule has 0 aromatic carbocycles. The summed E-state index contributed by atoms with van der Waals surface area (Å²) in [6, 6.07) is 2.35. The summed E-state index contributed by atoms with van der Waals surface area (Å²) < 4.78 is 5.25. The molecule has 5 nitrogen and oxygen atoms in total. The number of nitrogens with one attached hydrogen (secondary N) is 1. The minimum absolute atomic E-state index is 0.147. The second-order valence-corrected chi connectivity index (χ2v) is 4.15. The monoisotopic (exact) mass is 239 g/mol. The number of hydrogen-bond donors (Lipinski definition) is 2. The van der Waals surface area contributed by atoms with Crippen LogP contribution in [-0.4, -0.2) is 23.0 Å². The van der Waals surface area contributed by atoms with Crippen LogP contribution in [0.15, 0.2) is 16.5 Å². The van der Waals surface area contributed by atoms with Crippen LogP contribution in [0, 0.1) is 5.92 Å². The van der Waals surface area contributed by atoms with E-state index in [2.05, 4.69) is 5.32 Å². The lowest BCUT2D eigenvalue weighted by Gasteiger charge is -2.16. The first-order valence-corrected chi connectivity index (χ1v) is 5.58. The van der Waals surface area contributed by atoms with E-state index in [-0.39, 0.29) is 11.7 Å². The van der Waals surface area contributed by atoms with E-state index in [9.17, 15) is 9.59 Å². The molecule has 2 N–H and O–H groups in total. The molecule has 1 heterocycles. The molecule has 1 aromatic heterocycles. The molecule has 0 fully saturated rings. The molecular formula is C12H17NO4. The van der Waals surface area contributed by atoms with E-state index in [0.717, 1.165) is 0 Å². The molecule has 1 aromatic rings. The topological polar surface area (TPSA) is 79.5 Å². The highest BCUT2D eigenvalue weighted by atomic mass is 16.4. The normalized spacial score (nSPS) is 12.5. The Balaban J connectivity index is 2.73. The van der Waals surface area contributed by atoms with Crippen molar-refractivity contribution in [3.63, 3.8) is 0 Å². The van der Waals surface area contributed by atoms with Gasteiger partial charge in [-0.1, -0.05) is 20.8 Å². The van der Waals surface area contributed by atoms with Gasteiger partial charge in [0.15, 0.2) is 5.76 Å². The third kappa shape index (κ3) is 3.34. The molecule has 1 atom stereocenters. The van der Waals surface area contributed by atoms with Crippen LogP contribution in [0.1, 0.15) is 37.1 Å². The van der Waals surface area contributed by atoms with Crippen molar-refractivity contribution in [2.24, 2.45) is 5.92 Å². The van der Waals surface area contributed by atoms with Crippen molar-refractivity contribution < 1.29 is 19.1 Å². The summed E-state index contributed by atoms with van der Waals surface area (Å²) in [6.45, 7) is 5.38. The quantitative estimate of drug-likeness (QED) is 0.819. The van der Waals surface area contributed by atoms with E-state index in [4.69, 9.17) is 9.52 Å². The number of furan rings is 1. The van der Waals surface area contributed by atoms with Crippen molar-refractivity contribution >= 4 is 11.9 Å². The second-order valence-electron chi connectivity index (χ2n) is 4.15. The largest absolute Gasteiger partial charge is 0.480 e. The minimum Gasteiger partial charge on any atom is -0.480 e. The molecule has 17 heavy (non-hydrogen) atoms. The zero-order valence-electron chi connectivity index (χ0n) is 10.2. The minimum atomic E-state index is -1.05. The first-order chi connectivity index (χ1) is 7.95. The summed E-state index contributed by atoms with van der Waals surface area (Å²) in [4.78, 5) is 22.6. The van der Waals surface area contributed by atoms with Crippen molar-refractivity contribution in [3.05, 3.63) is 23.7 Å². The van der Waals surface area contributed by atoms with Crippen LogP contribution in [0.4, 0.5) is 0 Å². The Morgan fingerprint density at radius 3 is 2.47 bits per heavy atom. The van der Waals surface area contributed by atoms with Gasteiger partial charge in [-0.05, 0) is 18.1 Å². The molecule has 5 heteroatoms. The Morgan fingerprint density at radius 2 is 2.06 bits per heavy atom. The predicted octanol–water partition coefficient (Wildman–Crippen LogP) is 1.68. The molecule has 0 saturated carbocycles. The number of carboxylic acid groups (broad SMARTS) is 1. The molecule has 0 aliphatic carbocycles. The summed E-state index contributed by atoms with van der Waals surface area (Å²) in [7, 11) is 0. The number of rotatable bonds is 5. The molecule has 0 saturated heterocycles. The van der Waals surface area contributed by atoms with E-state index >= 15 is 0 Å². The van der Waals surface area contributed by atoms with Crippen LogP contribution in [-0.2, 0) is 11.2 Å². The summed E-state index contributed by atoms with van der Waals surface area (Å²) in [5.41, 5.74) is 0. The van der Waals surface area contributed by atoms with Gasteiger partial charge in [0.2, 0.25) is 0 Å². The standard InChI is InChI=1S/C12H17NO4/c1-4-8-5-6-9(17-8)11(14)13-10(7(2)3)12(15)16/h5-7,10H,4H2,1-3H3,(H,13,14)(H,15,16)/t10-/m0/s1. The molecule has 1 rings (SSSR count). The smallest absolute Gasteiger partial charge is 0.326 e. The van der Waals surface area contributed by atoms with Gasteiger partial charge in [0.25, 0.3) is 5.91 Å². The van der Waals surface area contributed by atoms with Gasteiger partial charge >= 0.3 is 5.97 Å². The highest BCUT2D eigenvalue weighted by molar-refractivity contribution is 5.94.